The molecule has 3 aromatic heterocycles. The number of aromatic nitrogens is 2. The average Bonchev–Trinajstić information content (AvgIpc) is 3.01. The summed E-state index contributed by atoms with van der Waals surface area (Å²) in [5.41, 5.74) is 5.70. The van der Waals surface area contributed by atoms with Crippen LogP contribution in [0.25, 0.3) is 5.65 Å². The predicted molar refractivity (Wildman–Crippen MR) is 75.8 cm³/mol. The summed E-state index contributed by atoms with van der Waals surface area (Å²) < 4.78 is 6.39. The van der Waals surface area contributed by atoms with Crippen molar-refractivity contribution in [2.75, 3.05) is 5.73 Å². The number of hydrogen-bond donors (Lipinski definition) is 2. The molecule has 0 spiro atoms. The number of nitrogens with two attached hydrogens (primary N) is 1. The van der Waals surface area contributed by atoms with Crippen LogP contribution < -0.4 is 16.6 Å². The predicted octanol–water partition coefficient (Wildman–Crippen LogP) is 0.800. The molecular weight excluding hydrogens is 272 g/mol. The first-order chi connectivity index (χ1) is 10.2. The molecular formula is C14H12N4O3. The van der Waals surface area contributed by atoms with Crippen molar-refractivity contribution in [1.82, 2.24) is 14.7 Å². The lowest BCUT2D eigenvalue weighted by Gasteiger charge is -2.07. The fourth-order valence-electron chi connectivity index (χ4n) is 1.97. The highest BCUT2D eigenvalue weighted by Crippen LogP contribution is 2.08. The number of carbonyl (C=O) groups excluding carboxylic acids is 1. The van der Waals surface area contributed by atoms with Gasteiger partial charge in [0.15, 0.2) is 5.65 Å². The van der Waals surface area contributed by atoms with E-state index in [1.165, 1.54) is 23.1 Å². The van der Waals surface area contributed by atoms with Gasteiger partial charge in [0.05, 0.1) is 24.6 Å². The molecule has 7 heteroatoms. The number of furan rings is 1. The van der Waals surface area contributed by atoms with Gasteiger partial charge in [-0.25, -0.2) is 4.98 Å². The van der Waals surface area contributed by atoms with E-state index in [2.05, 4.69) is 10.3 Å². The number of carbonyl (C=O) groups is 1. The molecule has 0 aliphatic carbocycles. The molecule has 0 saturated heterocycles. The zero-order valence-corrected chi connectivity index (χ0v) is 10.9. The molecule has 1 amide bonds. The van der Waals surface area contributed by atoms with E-state index in [-0.39, 0.29) is 23.8 Å². The number of nitrogen functional groups attached to an aromatic ring is 1. The summed E-state index contributed by atoms with van der Waals surface area (Å²) in [5.74, 6) is 0.291. The number of rotatable bonds is 3. The van der Waals surface area contributed by atoms with Crippen molar-refractivity contribution in [1.29, 1.82) is 0 Å². The molecule has 7 nitrogen and oxygen atoms in total. The number of fused-ring (bicyclic) bond motifs is 1. The Hall–Kier alpha value is -3.09. The minimum absolute atomic E-state index is 0.0284. The molecule has 0 fully saturated rings. The number of nitrogens with zero attached hydrogens (tertiary/aromatic N) is 2. The van der Waals surface area contributed by atoms with Crippen molar-refractivity contribution in [3.63, 3.8) is 0 Å². The molecule has 0 aliphatic heterocycles. The SMILES string of the molecule is Nc1cnc2c(C(=O)NCc3ccco3)cccn2c1=O. The molecule has 0 aromatic carbocycles. The maximum atomic E-state index is 12.2. The normalized spacial score (nSPS) is 10.7. The van der Waals surface area contributed by atoms with Gasteiger partial charge in [-0.2, -0.15) is 0 Å². The number of anilines is 1. The van der Waals surface area contributed by atoms with Crippen molar-refractivity contribution in [3.8, 4) is 0 Å². The monoisotopic (exact) mass is 284 g/mol. The van der Waals surface area contributed by atoms with Gasteiger partial charge in [-0.15, -0.1) is 0 Å². The van der Waals surface area contributed by atoms with Crippen molar-refractivity contribution in [2.24, 2.45) is 0 Å². The maximum Gasteiger partial charge on any atom is 0.281 e. The summed E-state index contributed by atoms with van der Waals surface area (Å²) in [7, 11) is 0. The molecule has 3 N–H and O–H groups in total. The Morgan fingerprint density at radius 3 is 3.00 bits per heavy atom. The van der Waals surface area contributed by atoms with Crippen LogP contribution in [0.3, 0.4) is 0 Å². The van der Waals surface area contributed by atoms with Crippen LogP contribution in [0.2, 0.25) is 0 Å². The lowest BCUT2D eigenvalue weighted by Crippen LogP contribution is -2.26. The van der Waals surface area contributed by atoms with Gasteiger partial charge in [-0.1, -0.05) is 0 Å². The highest BCUT2D eigenvalue weighted by Gasteiger charge is 2.13. The number of nitrogens with one attached hydrogen (secondary N) is 1. The first-order valence-corrected chi connectivity index (χ1v) is 6.23. The van der Waals surface area contributed by atoms with Crippen LogP contribution in [0, 0.1) is 0 Å². The van der Waals surface area contributed by atoms with Crippen molar-refractivity contribution >= 4 is 17.2 Å². The molecule has 0 saturated carbocycles. The lowest BCUT2D eigenvalue weighted by molar-refractivity contribution is 0.0949. The molecule has 0 atom stereocenters. The van der Waals surface area contributed by atoms with E-state index in [1.807, 2.05) is 0 Å². The van der Waals surface area contributed by atoms with Gasteiger partial charge in [0.1, 0.15) is 11.4 Å². The van der Waals surface area contributed by atoms with Crippen molar-refractivity contribution < 1.29 is 9.21 Å². The molecule has 0 bridgehead atoms. The van der Waals surface area contributed by atoms with Crippen LogP contribution in [-0.4, -0.2) is 15.3 Å². The van der Waals surface area contributed by atoms with E-state index in [1.54, 1.807) is 24.3 Å². The number of hydrogen-bond acceptors (Lipinski definition) is 5. The first kappa shape index (κ1) is 12.9. The lowest BCUT2D eigenvalue weighted by atomic mass is 10.2. The second kappa shape index (κ2) is 5.12. The maximum absolute atomic E-state index is 12.2. The fraction of sp³-hybridized carbons (Fsp3) is 0.0714. The minimum atomic E-state index is -0.402. The average molecular weight is 284 g/mol. The zero-order chi connectivity index (χ0) is 14.8. The fourth-order valence-corrected chi connectivity index (χ4v) is 1.97. The summed E-state index contributed by atoms with van der Waals surface area (Å²) in [5, 5.41) is 2.71. The number of amides is 1. The van der Waals surface area contributed by atoms with Crippen LogP contribution >= 0.6 is 0 Å². The minimum Gasteiger partial charge on any atom is -0.467 e. The molecule has 106 valence electrons. The molecule has 21 heavy (non-hydrogen) atoms. The largest absolute Gasteiger partial charge is 0.467 e. The van der Waals surface area contributed by atoms with Gasteiger partial charge in [-0.05, 0) is 24.3 Å². The third-order valence-electron chi connectivity index (χ3n) is 3.01. The standard InChI is InChI=1S/C14H12N4O3/c15-11-8-16-12-10(4-1-5-18(12)14(11)20)13(19)17-7-9-3-2-6-21-9/h1-6,8H,7,15H2,(H,17,19). The molecule has 0 unspecified atom stereocenters. The Bertz CT molecular complexity index is 852. The van der Waals surface area contributed by atoms with Crippen molar-refractivity contribution in [3.05, 3.63) is 64.6 Å². The number of pyridine rings is 1. The van der Waals surface area contributed by atoms with Gasteiger partial charge in [0.25, 0.3) is 11.5 Å². The smallest absolute Gasteiger partial charge is 0.281 e. The van der Waals surface area contributed by atoms with E-state index in [4.69, 9.17) is 10.2 Å². The van der Waals surface area contributed by atoms with Gasteiger partial charge >= 0.3 is 0 Å². The van der Waals surface area contributed by atoms with E-state index in [0.717, 1.165) is 0 Å². The van der Waals surface area contributed by atoms with E-state index in [0.29, 0.717) is 11.3 Å². The van der Waals surface area contributed by atoms with Crippen LogP contribution in [-0.2, 0) is 6.54 Å². The van der Waals surface area contributed by atoms with E-state index >= 15 is 0 Å². The third kappa shape index (κ3) is 2.36. The molecule has 0 radical (unpaired) electrons. The second-order valence-electron chi connectivity index (χ2n) is 4.40. The summed E-state index contributed by atoms with van der Waals surface area (Å²) >= 11 is 0. The quantitative estimate of drug-likeness (QED) is 0.740. The Labute approximate surface area is 119 Å². The highest BCUT2D eigenvalue weighted by atomic mass is 16.3. The molecule has 3 heterocycles. The van der Waals surface area contributed by atoms with Gasteiger partial charge in [0, 0.05) is 6.20 Å². The Balaban J connectivity index is 1.95. The molecule has 3 aromatic rings. The van der Waals surface area contributed by atoms with Crippen LogP contribution in [0.1, 0.15) is 16.1 Å². The van der Waals surface area contributed by atoms with Crippen LogP contribution in [0.5, 0.6) is 0 Å². The highest BCUT2D eigenvalue weighted by molar-refractivity contribution is 5.99. The van der Waals surface area contributed by atoms with Gasteiger partial charge in [-0.3, -0.25) is 14.0 Å². The summed E-state index contributed by atoms with van der Waals surface area (Å²) in [6, 6.07) is 6.68. The Morgan fingerprint density at radius 1 is 1.38 bits per heavy atom. The Morgan fingerprint density at radius 2 is 2.24 bits per heavy atom. The summed E-state index contributed by atoms with van der Waals surface area (Å²) in [6.07, 6.45) is 4.30. The van der Waals surface area contributed by atoms with E-state index < -0.39 is 5.56 Å². The summed E-state index contributed by atoms with van der Waals surface area (Å²) in [6.45, 7) is 0.256. The Kier molecular flexibility index (Phi) is 3.15. The van der Waals surface area contributed by atoms with E-state index in [9.17, 15) is 9.59 Å². The van der Waals surface area contributed by atoms with Crippen LogP contribution in [0.4, 0.5) is 5.69 Å². The third-order valence-corrected chi connectivity index (χ3v) is 3.01. The van der Waals surface area contributed by atoms with Gasteiger partial charge in [0.2, 0.25) is 0 Å². The zero-order valence-electron chi connectivity index (χ0n) is 10.9. The first-order valence-electron chi connectivity index (χ1n) is 6.23. The topological polar surface area (TPSA) is 103 Å². The second-order valence-corrected chi connectivity index (χ2v) is 4.40. The van der Waals surface area contributed by atoms with Gasteiger partial charge < -0.3 is 15.5 Å². The molecule has 0 aliphatic rings. The summed E-state index contributed by atoms with van der Waals surface area (Å²) in [4.78, 5) is 28.2. The van der Waals surface area contributed by atoms with Crippen LogP contribution in [0.15, 0.2) is 52.1 Å². The molecule has 3 rings (SSSR count). The van der Waals surface area contributed by atoms with Crippen molar-refractivity contribution in [2.45, 2.75) is 6.54 Å².